The molecule has 4 nitrogen and oxygen atoms in total. The maximum absolute atomic E-state index is 11.6. The van der Waals surface area contributed by atoms with Gasteiger partial charge in [-0.25, -0.2) is 0 Å². The number of aliphatic hydroxyl groups is 2. The Bertz CT molecular complexity index is 348. The molecule has 0 aliphatic rings. The minimum Gasteiger partial charge on any atom is -0.394 e. The molecule has 0 aromatic heterocycles. The van der Waals surface area contributed by atoms with Crippen molar-refractivity contribution in [3.05, 3.63) is 35.4 Å². The molecule has 1 rings (SSSR count). The topological polar surface area (TPSA) is 69.6 Å². The van der Waals surface area contributed by atoms with Gasteiger partial charge in [0.1, 0.15) is 0 Å². The third-order valence-electron chi connectivity index (χ3n) is 2.42. The summed E-state index contributed by atoms with van der Waals surface area (Å²) in [5.41, 5.74) is 2.01. The maximum Gasteiger partial charge on any atom is 0.224 e. The molecule has 0 radical (unpaired) electrons. The highest BCUT2D eigenvalue weighted by atomic mass is 16.3. The van der Waals surface area contributed by atoms with Crippen LogP contribution in [0.15, 0.2) is 24.3 Å². The standard InChI is InChI=1S/C12H17NO3/c1-9-4-2-3-5-10(9)6-12(16)13-11(7-14)8-15/h2-5,11,14-15H,6-8H2,1H3,(H,13,16). The Morgan fingerprint density at radius 2 is 1.94 bits per heavy atom. The molecule has 88 valence electrons. The van der Waals surface area contributed by atoms with E-state index in [4.69, 9.17) is 10.2 Å². The molecule has 3 N–H and O–H groups in total. The predicted octanol–water partition coefficient (Wildman–Crippen LogP) is 0.00692. The van der Waals surface area contributed by atoms with Gasteiger partial charge in [-0.1, -0.05) is 24.3 Å². The van der Waals surface area contributed by atoms with Gasteiger partial charge in [0.05, 0.1) is 25.7 Å². The summed E-state index contributed by atoms with van der Waals surface area (Å²) < 4.78 is 0. The zero-order valence-corrected chi connectivity index (χ0v) is 9.31. The van der Waals surface area contributed by atoms with Gasteiger partial charge in [0.15, 0.2) is 0 Å². The van der Waals surface area contributed by atoms with Crippen molar-refractivity contribution in [2.24, 2.45) is 0 Å². The van der Waals surface area contributed by atoms with Gasteiger partial charge >= 0.3 is 0 Å². The van der Waals surface area contributed by atoms with Crippen molar-refractivity contribution in [1.82, 2.24) is 5.32 Å². The van der Waals surface area contributed by atoms with E-state index < -0.39 is 6.04 Å². The van der Waals surface area contributed by atoms with Crippen LogP contribution in [0.3, 0.4) is 0 Å². The first-order valence-corrected chi connectivity index (χ1v) is 5.23. The fourth-order valence-corrected chi connectivity index (χ4v) is 1.41. The lowest BCUT2D eigenvalue weighted by atomic mass is 10.1. The van der Waals surface area contributed by atoms with Crippen LogP contribution in [0, 0.1) is 6.92 Å². The summed E-state index contributed by atoms with van der Waals surface area (Å²) in [4.78, 5) is 11.6. The van der Waals surface area contributed by atoms with Crippen molar-refractivity contribution in [2.45, 2.75) is 19.4 Å². The monoisotopic (exact) mass is 223 g/mol. The third kappa shape index (κ3) is 3.64. The summed E-state index contributed by atoms with van der Waals surface area (Å²) in [7, 11) is 0. The van der Waals surface area contributed by atoms with Crippen molar-refractivity contribution in [2.75, 3.05) is 13.2 Å². The second kappa shape index (κ2) is 6.25. The average molecular weight is 223 g/mol. The normalized spacial score (nSPS) is 10.5. The molecule has 0 bridgehead atoms. The van der Waals surface area contributed by atoms with Gasteiger partial charge in [-0.3, -0.25) is 4.79 Å². The molecular weight excluding hydrogens is 206 g/mol. The second-order valence-electron chi connectivity index (χ2n) is 3.73. The number of aryl methyl sites for hydroxylation is 1. The van der Waals surface area contributed by atoms with Crippen LogP contribution in [-0.4, -0.2) is 35.4 Å². The summed E-state index contributed by atoms with van der Waals surface area (Å²) in [6.07, 6.45) is 0.267. The van der Waals surface area contributed by atoms with Crippen molar-refractivity contribution in [3.63, 3.8) is 0 Å². The Labute approximate surface area is 94.9 Å². The number of hydrogen-bond acceptors (Lipinski definition) is 3. The zero-order valence-electron chi connectivity index (χ0n) is 9.31. The first kappa shape index (κ1) is 12.7. The smallest absolute Gasteiger partial charge is 0.224 e. The SMILES string of the molecule is Cc1ccccc1CC(=O)NC(CO)CO. The lowest BCUT2D eigenvalue weighted by Gasteiger charge is -2.13. The highest BCUT2D eigenvalue weighted by Gasteiger charge is 2.11. The van der Waals surface area contributed by atoms with E-state index in [1.807, 2.05) is 31.2 Å². The van der Waals surface area contributed by atoms with Gasteiger partial charge in [0.2, 0.25) is 5.91 Å². The van der Waals surface area contributed by atoms with Gasteiger partial charge < -0.3 is 15.5 Å². The Kier molecular flexibility index (Phi) is 4.95. The van der Waals surface area contributed by atoms with E-state index in [1.165, 1.54) is 0 Å². The van der Waals surface area contributed by atoms with Crippen molar-refractivity contribution in [1.29, 1.82) is 0 Å². The van der Waals surface area contributed by atoms with Crippen LogP contribution in [0.1, 0.15) is 11.1 Å². The molecule has 0 aliphatic heterocycles. The van der Waals surface area contributed by atoms with Gasteiger partial charge in [-0.15, -0.1) is 0 Å². The van der Waals surface area contributed by atoms with Crippen LogP contribution >= 0.6 is 0 Å². The van der Waals surface area contributed by atoms with Crippen LogP contribution in [0.25, 0.3) is 0 Å². The van der Waals surface area contributed by atoms with Crippen LogP contribution in [-0.2, 0) is 11.2 Å². The van der Waals surface area contributed by atoms with Gasteiger partial charge in [-0.2, -0.15) is 0 Å². The van der Waals surface area contributed by atoms with Crippen molar-refractivity contribution >= 4 is 5.91 Å². The molecule has 0 heterocycles. The van der Waals surface area contributed by atoms with Crippen LogP contribution in [0.5, 0.6) is 0 Å². The molecule has 0 aliphatic carbocycles. The first-order valence-electron chi connectivity index (χ1n) is 5.23. The molecule has 0 fully saturated rings. The van der Waals surface area contributed by atoms with E-state index >= 15 is 0 Å². The van der Waals surface area contributed by atoms with Crippen LogP contribution in [0.4, 0.5) is 0 Å². The predicted molar refractivity (Wildman–Crippen MR) is 61.0 cm³/mol. The van der Waals surface area contributed by atoms with Crippen LogP contribution < -0.4 is 5.32 Å². The van der Waals surface area contributed by atoms with Crippen molar-refractivity contribution < 1.29 is 15.0 Å². The largest absolute Gasteiger partial charge is 0.394 e. The number of nitrogens with one attached hydrogen (secondary N) is 1. The van der Waals surface area contributed by atoms with E-state index in [2.05, 4.69) is 5.32 Å². The summed E-state index contributed by atoms with van der Waals surface area (Å²) >= 11 is 0. The molecule has 0 atom stereocenters. The molecule has 1 aromatic carbocycles. The average Bonchev–Trinajstić information content (AvgIpc) is 2.29. The Morgan fingerprint density at radius 1 is 1.31 bits per heavy atom. The van der Waals surface area contributed by atoms with Crippen LogP contribution in [0.2, 0.25) is 0 Å². The highest BCUT2D eigenvalue weighted by molar-refractivity contribution is 5.79. The second-order valence-corrected chi connectivity index (χ2v) is 3.73. The molecule has 0 unspecified atom stereocenters. The lowest BCUT2D eigenvalue weighted by Crippen LogP contribution is -2.40. The molecule has 16 heavy (non-hydrogen) atoms. The number of amides is 1. The molecule has 1 amide bonds. The Balaban J connectivity index is 2.55. The van der Waals surface area contributed by atoms with E-state index in [0.29, 0.717) is 0 Å². The van der Waals surface area contributed by atoms with E-state index in [-0.39, 0.29) is 25.5 Å². The number of hydrogen-bond donors (Lipinski definition) is 3. The number of benzene rings is 1. The Hall–Kier alpha value is -1.39. The summed E-state index contributed by atoms with van der Waals surface area (Å²) in [5, 5.41) is 20.2. The maximum atomic E-state index is 11.6. The van der Waals surface area contributed by atoms with Crippen molar-refractivity contribution in [3.8, 4) is 0 Å². The zero-order chi connectivity index (χ0) is 12.0. The third-order valence-corrected chi connectivity index (χ3v) is 2.42. The fourth-order valence-electron chi connectivity index (χ4n) is 1.41. The summed E-state index contributed by atoms with van der Waals surface area (Å²) in [6, 6.07) is 7.06. The van der Waals surface area contributed by atoms with Gasteiger partial charge in [-0.05, 0) is 18.1 Å². The van der Waals surface area contributed by atoms with E-state index in [9.17, 15) is 4.79 Å². The molecule has 1 aromatic rings. The summed E-state index contributed by atoms with van der Waals surface area (Å²) in [6.45, 7) is 1.43. The van der Waals surface area contributed by atoms with Gasteiger partial charge in [0, 0.05) is 0 Å². The van der Waals surface area contributed by atoms with E-state index in [0.717, 1.165) is 11.1 Å². The number of carbonyl (C=O) groups is 1. The fraction of sp³-hybridized carbons (Fsp3) is 0.417. The quantitative estimate of drug-likeness (QED) is 0.658. The van der Waals surface area contributed by atoms with E-state index in [1.54, 1.807) is 0 Å². The minimum atomic E-state index is -0.573. The summed E-state index contributed by atoms with van der Waals surface area (Å²) in [5.74, 6) is -0.192. The first-order chi connectivity index (χ1) is 7.67. The molecule has 0 saturated heterocycles. The number of rotatable bonds is 5. The lowest BCUT2D eigenvalue weighted by molar-refractivity contribution is -0.121. The molecule has 0 saturated carbocycles. The number of aliphatic hydroxyl groups excluding tert-OH is 2. The minimum absolute atomic E-state index is 0.192. The highest BCUT2D eigenvalue weighted by Crippen LogP contribution is 2.07. The molecular formula is C12H17NO3. The number of carbonyl (C=O) groups excluding carboxylic acids is 1. The van der Waals surface area contributed by atoms with Gasteiger partial charge in [0.25, 0.3) is 0 Å². The Morgan fingerprint density at radius 3 is 2.50 bits per heavy atom. The molecule has 4 heteroatoms. The molecule has 0 spiro atoms.